The second-order valence-electron chi connectivity index (χ2n) is 5.14. The van der Waals surface area contributed by atoms with E-state index < -0.39 is 34.6 Å². The Kier molecular flexibility index (Phi) is 4.01. The number of carboxylic acids is 1. The van der Waals surface area contributed by atoms with Gasteiger partial charge in [-0.1, -0.05) is 12.8 Å². The summed E-state index contributed by atoms with van der Waals surface area (Å²) < 4.78 is 26.6. The van der Waals surface area contributed by atoms with Gasteiger partial charge in [0.2, 0.25) is 0 Å². The topological polar surface area (TPSA) is 66.4 Å². The maximum atomic E-state index is 13.5. The fourth-order valence-corrected chi connectivity index (χ4v) is 2.67. The zero-order valence-electron chi connectivity index (χ0n) is 10.8. The van der Waals surface area contributed by atoms with Crippen LogP contribution < -0.4 is 5.32 Å². The first-order valence-corrected chi connectivity index (χ1v) is 6.41. The van der Waals surface area contributed by atoms with Gasteiger partial charge in [0, 0.05) is 0 Å². The van der Waals surface area contributed by atoms with Crippen molar-refractivity contribution in [1.82, 2.24) is 5.32 Å². The van der Waals surface area contributed by atoms with E-state index in [1.807, 2.05) is 0 Å². The summed E-state index contributed by atoms with van der Waals surface area (Å²) in [7, 11) is 0. The largest absolute Gasteiger partial charge is 0.481 e. The van der Waals surface area contributed by atoms with E-state index in [1.165, 1.54) is 0 Å². The highest BCUT2D eigenvalue weighted by Crippen LogP contribution is 2.33. The van der Waals surface area contributed by atoms with Crippen LogP contribution in [0.1, 0.15) is 42.5 Å². The molecule has 2 rings (SSSR count). The molecule has 0 radical (unpaired) electrons. The monoisotopic (exact) mass is 283 g/mol. The number of benzene rings is 1. The first kappa shape index (κ1) is 14.4. The molecule has 0 aromatic heterocycles. The summed E-state index contributed by atoms with van der Waals surface area (Å²) in [5.74, 6) is -3.33. The van der Waals surface area contributed by atoms with E-state index in [0.29, 0.717) is 12.8 Å². The Morgan fingerprint density at radius 3 is 2.50 bits per heavy atom. The fourth-order valence-electron chi connectivity index (χ4n) is 2.67. The number of carbonyl (C=O) groups is 2. The summed E-state index contributed by atoms with van der Waals surface area (Å²) in [6, 6.07) is 2.62. The SMILES string of the molecule is O=C(O)CC1(NC(=O)c2cc(F)ccc2F)CCCC1. The van der Waals surface area contributed by atoms with E-state index in [-0.39, 0.29) is 6.42 Å². The predicted octanol–water partition coefficient (Wildman–Crippen LogP) is 2.48. The first-order valence-electron chi connectivity index (χ1n) is 6.41. The summed E-state index contributed by atoms with van der Waals surface area (Å²) in [5, 5.41) is 11.5. The number of aliphatic carboxylic acids is 1. The normalized spacial score (nSPS) is 16.9. The van der Waals surface area contributed by atoms with Crippen LogP contribution in [0, 0.1) is 11.6 Å². The summed E-state index contributed by atoms with van der Waals surface area (Å²) >= 11 is 0. The third-order valence-corrected chi connectivity index (χ3v) is 3.60. The molecule has 0 aliphatic heterocycles. The molecule has 0 spiro atoms. The molecule has 0 heterocycles. The van der Waals surface area contributed by atoms with Gasteiger partial charge in [0.1, 0.15) is 11.6 Å². The van der Waals surface area contributed by atoms with Crippen LogP contribution in [0.2, 0.25) is 0 Å². The van der Waals surface area contributed by atoms with Gasteiger partial charge in [0.15, 0.2) is 0 Å². The maximum Gasteiger partial charge on any atom is 0.305 e. The van der Waals surface area contributed by atoms with E-state index in [0.717, 1.165) is 31.0 Å². The summed E-state index contributed by atoms with van der Waals surface area (Å²) in [6.45, 7) is 0. The minimum absolute atomic E-state index is 0.213. The minimum Gasteiger partial charge on any atom is -0.481 e. The van der Waals surface area contributed by atoms with E-state index in [4.69, 9.17) is 5.11 Å². The van der Waals surface area contributed by atoms with Gasteiger partial charge in [-0.25, -0.2) is 8.78 Å². The molecule has 108 valence electrons. The van der Waals surface area contributed by atoms with Crippen molar-refractivity contribution in [2.75, 3.05) is 0 Å². The van der Waals surface area contributed by atoms with Crippen LogP contribution >= 0.6 is 0 Å². The molecule has 6 heteroatoms. The van der Waals surface area contributed by atoms with Gasteiger partial charge in [0.05, 0.1) is 17.5 Å². The molecule has 2 N–H and O–H groups in total. The molecular weight excluding hydrogens is 268 g/mol. The Morgan fingerprint density at radius 1 is 1.25 bits per heavy atom. The van der Waals surface area contributed by atoms with Crippen LogP contribution in [0.3, 0.4) is 0 Å². The lowest BCUT2D eigenvalue weighted by atomic mass is 9.92. The van der Waals surface area contributed by atoms with Crippen LogP contribution in [0.15, 0.2) is 18.2 Å². The van der Waals surface area contributed by atoms with Gasteiger partial charge < -0.3 is 10.4 Å². The highest BCUT2D eigenvalue weighted by Gasteiger charge is 2.38. The Morgan fingerprint density at radius 2 is 1.90 bits per heavy atom. The van der Waals surface area contributed by atoms with Gasteiger partial charge in [-0.2, -0.15) is 0 Å². The molecule has 1 aromatic rings. The van der Waals surface area contributed by atoms with Crippen LogP contribution in [0.25, 0.3) is 0 Å². The molecule has 0 saturated heterocycles. The van der Waals surface area contributed by atoms with Crippen molar-refractivity contribution in [2.24, 2.45) is 0 Å². The Hall–Kier alpha value is -1.98. The molecule has 1 fully saturated rings. The van der Waals surface area contributed by atoms with E-state index in [9.17, 15) is 18.4 Å². The van der Waals surface area contributed by atoms with Crippen LogP contribution in [0.4, 0.5) is 8.78 Å². The van der Waals surface area contributed by atoms with Crippen molar-refractivity contribution >= 4 is 11.9 Å². The van der Waals surface area contributed by atoms with E-state index in [1.54, 1.807) is 0 Å². The van der Waals surface area contributed by atoms with E-state index >= 15 is 0 Å². The number of amides is 1. The van der Waals surface area contributed by atoms with Gasteiger partial charge in [-0.05, 0) is 31.0 Å². The van der Waals surface area contributed by atoms with Gasteiger partial charge in [0.25, 0.3) is 5.91 Å². The Bertz CT molecular complexity index is 539. The summed E-state index contributed by atoms with van der Waals surface area (Å²) in [4.78, 5) is 23.0. The van der Waals surface area contributed by atoms with Crippen molar-refractivity contribution in [1.29, 1.82) is 0 Å². The van der Waals surface area contributed by atoms with E-state index in [2.05, 4.69) is 5.32 Å². The first-order chi connectivity index (χ1) is 9.42. The zero-order chi connectivity index (χ0) is 14.8. The molecule has 1 saturated carbocycles. The average molecular weight is 283 g/mol. The fraction of sp³-hybridized carbons (Fsp3) is 0.429. The molecular formula is C14H15F2NO3. The van der Waals surface area contributed by atoms with Crippen molar-refractivity contribution in [3.05, 3.63) is 35.4 Å². The quantitative estimate of drug-likeness (QED) is 0.892. The molecule has 0 atom stereocenters. The number of nitrogens with one attached hydrogen (secondary N) is 1. The standard InChI is InChI=1S/C14H15F2NO3/c15-9-3-4-11(16)10(7-9)13(20)17-14(8-12(18)19)5-1-2-6-14/h3-4,7H,1-2,5-6,8H2,(H,17,20)(H,18,19). The second kappa shape index (κ2) is 5.56. The van der Waals surface area contributed by atoms with Crippen LogP contribution in [-0.4, -0.2) is 22.5 Å². The van der Waals surface area contributed by atoms with Crippen molar-refractivity contribution < 1.29 is 23.5 Å². The van der Waals surface area contributed by atoms with Gasteiger partial charge in [-0.3, -0.25) is 9.59 Å². The smallest absolute Gasteiger partial charge is 0.305 e. The third-order valence-electron chi connectivity index (χ3n) is 3.60. The number of halogens is 2. The van der Waals surface area contributed by atoms with Gasteiger partial charge >= 0.3 is 5.97 Å². The Labute approximate surface area is 114 Å². The number of carbonyl (C=O) groups excluding carboxylic acids is 1. The van der Waals surface area contributed by atoms with Crippen LogP contribution in [-0.2, 0) is 4.79 Å². The number of carboxylic acid groups (broad SMARTS) is 1. The summed E-state index contributed by atoms with van der Waals surface area (Å²) in [6.07, 6.45) is 2.46. The molecule has 1 aliphatic rings. The molecule has 20 heavy (non-hydrogen) atoms. The Balaban J connectivity index is 2.20. The maximum absolute atomic E-state index is 13.5. The third kappa shape index (κ3) is 3.12. The second-order valence-corrected chi connectivity index (χ2v) is 5.14. The lowest BCUT2D eigenvalue weighted by Gasteiger charge is -2.28. The lowest BCUT2D eigenvalue weighted by Crippen LogP contribution is -2.48. The summed E-state index contributed by atoms with van der Waals surface area (Å²) in [5.41, 5.74) is -1.26. The molecule has 1 amide bonds. The molecule has 1 aliphatic carbocycles. The van der Waals surface area contributed by atoms with Crippen LogP contribution in [0.5, 0.6) is 0 Å². The lowest BCUT2D eigenvalue weighted by molar-refractivity contribution is -0.138. The average Bonchev–Trinajstić information content (AvgIpc) is 2.79. The minimum atomic E-state index is -1.02. The zero-order valence-corrected chi connectivity index (χ0v) is 10.8. The van der Waals surface area contributed by atoms with Crippen molar-refractivity contribution in [3.8, 4) is 0 Å². The predicted molar refractivity (Wildman–Crippen MR) is 67.3 cm³/mol. The number of rotatable bonds is 4. The molecule has 4 nitrogen and oxygen atoms in total. The highest BCUT2D eigenvalue weighted by atomic mass is 19.1. The van der Waals surface area contributed by atoms with Crippen molar-refractivity contribution in [3.63, 3.8) is 0 Å². The highest BCUT2D eigenvalue weighted by molar-refractivity contribution is 5.95. The van der Waals surface area contributed by atoms with Crippen molar-refractivity contribution in [2.45, 2.75) is 37.6 Å². The number of hydrogen-bond donors (Lipinski definition) is 2. The number of hydrogen-bond acceptors (Lipinski definition) is 2. The molecule has 0 bridgehead atoms. The molecule has 0 unspecified atom stereocenters. The molecule has 1 aromatic carbocycles. The van der Waals surface area contributed by atoms with Gasteiger partial charge in [-0.15, -0.1) is 0 Å².